The lowest BCUT2D eigenvalue weighted by molar-refractivity contribution is -0.114. The number of anilines is 2. The Morgan fingerprint density at radius 1 is 1.32 bits per heavy atom. The van der Waals surface area contributed by atoms with Crippen LogP contribution in [0.5, 0.6) is 0 Å². The molecule has 0 saturated carbocycles. The minimum atomic E-state index is -0.365. The van der Waals surface area contributed by atoms with Crippen LogP contribution in [-0.4, -0.2) is 44.8 Å². The molecule has 1 fully saturated rings. The van der Waals surface area contributed by atoms with Crippen LogP contribution in [0.1, 0.15) is 30.6 Å². The molecular weight excluding hydrogens is 284 g/mol. The fourth-order valence-electron chi connectivity index (χ4n) is 2.33. The van der Waals surface area contributed by atoms with Gasteiger partial charge in [0.05, 0.1) is 31.1 Å². The maximum absolute atomic E-state index is 12.3. The monoisotopic (exact) mass is 306 g/mol. The van der Waals surface area contributed by atoms with E-state index in [2.05, 4.69) is 10.2 Å². The van der Waals surface area contributed by atoms with Gasteiger partial charge in [-0.05, 0) is 24.6 Å². The summed E-state index contributed by atoms with van der Waals surface area (Å²) in [6.07, 6.45) is 0.768. The smallest absolute Gasteiger partial charge is 0.340 e. The van der Waals surface area contributed by atoms with Crippen molar-refractivity contribution in [2.75, 3.05) is 43.1 Å². The van der Waals surface area contributed by atoms with Crippen molar-refractivity contribution in [3.8, 4) is 0 Å². The molecule has 0 atom stereocenters. The van der Waals surface area contributed by atoms with Crippen molar-refractivity contribution < 1.29 is 19.1 Å². The van der Waals surface area contributed by atoms with Crippen LogP contribution >= 0.6 is 0 Å². The summed E-state index contributed by atoms with van der Waals surface area (Å²) in [5.41, 5.74) is 1.88. The van der Waals surface area contributed by atoms with Gasteiger partial charge in [-0.3, -0.25) is 4.79 Å². The highest BCUT2D eigenvalue weighted by molar-refractivity contribution is 5.98. The molecule has 0 spiro atoms. The highest BCUT2D eigenvalue weighted by atomic mass is 16.5. The summed E-state index contributed by atoms with van der Waals surface area (Å²) in [6.45, 7) is 6.50. The lowest BCUT2D eigenvalue weighted by atomic mass is 10.1. The molecule has 1 aromatic rings. The summed E-state index contributed by atoms with van der Waals surface area (Å²) in [4.78, 5) is 25.6. The van der Waals surface area contributed by atoms with Gasteiger partial charge in [-0.2, -0.15) is 0 Å². The van der Waals surface area contributed by atoms with E-state index in [1.165, 1.54) is 6.92 Å². The highest BCUT2D eigenvalue weighted by Crippen LogP contribution is 2.26. The molecule has 1 aliphatic rings. The van der Waals surface area contributed by atoms with Crippen molar-refractivity contribution in [2.45, 2.75) is 20.3 Å². The molecule has 1 amide bonds. The van der Waals surface area contributed by atoms with Crippen molar-refractivity contribution in [3.63, 3.8) is 0 Å². The maximum Gasteiger partial charge on any atom is 0.340 e. The Morgan fingerprint density at radius 2 is 2.05 bits per heavy atom. The number of morpholine rings is 1. The number of carbonyl (C=O) groups is 2. The minimum Gasteiger partial charge on any atom is -0.462 e. The first-order chi connectivity index (χ1) is 10.6. The van der Waals surface area contributed by atoms with Crippen LogP contribution < -0.4 is 10.2 Å². The van der Waals surface area contributed by atoms with Crippen molar-refractivity contribution in [1.29, 1.82) is 0 Å². The highest BCUT2D eigenvalue weighted by Gasteiger charge is 2.20. The van der Waals surface area contributed by atoms with Gasteiger partial charge in [0.2, 0.25) is 5.91 Å². The van der Waals surface area contributed by atoms with Gasteiger partial charge < -0.3 is 19.7 Å². The third-order valence-corrected chi connectivity index (χ3v) is 3.33. The molecule has 1 aliphatic heterocycles. The fourth-order valence-corrected chi connectivity index (χ4v) is 2.33. The topological polar surface area (TPSA) is 67.9 Å². The zero-order chi connectivity index (χ0) is 15.9. The van der Waals surface area contributed by atoms with Crippen molar-refractivity contribution in [1.82, 2.24) is 0 Å². The molecule has 0 bridgehead atoms. The number of carbonyl (C=O) groups excluding carboxylic acids is 2. The van der Waals surface area contributed by atoms with Gasteiger partial charge in [-0.1, -0.05) is 6.92 Å². The average molecular weight is 306 g/mol. The number of amides is 1. The molecule has 1 aromatic carbocycles. The maximum atomic E-state index is 12.3. The number of benzene rings is 1. The normalized spacial score (nSPS) is 14.5. The molecular formula is C16H22N2O4. The van der Waals surface area contributed by atoms with Gasteiger partial charge in [0.1, 0.15) is 0 Å². The SMILES string of the molecule is CCCOC(=O)c1cc(NC(C)=O)ccc1N1CCOCC1. The van der Waals surface area contributed by atoms with Crippen LogP contribution in [0.2, 0.25) is 0 Å². The summed E-state index contributed by atoms with van der Waals surface area (Å²) < 4.78 is 10.6. The molecule has 2 rings (SSSR count). The summed E-state index contributed by atoms with van der Waals surface area (Å²) >= 11 is 0. The lowest BCUT2D eigenvalue weighted by Gasteiger charge is -2.30. The molecule has 1 N–H and O–H groups in total. The molecule has 22 heavy (non-hydrogen) atoms. The Hall–Kier alpha value is -2.08. The molecule has 0 aromatic heterocycles. The zero-order valence-corrected chi connectivity index (χ0v) is 13.1. The molecule has 6 nitrogen and oxygen atoms in total. The first kappa shape index (κ1) is 16.3. The quantitative estimate of drug-likeness (QED) is 0.843. The van der Waals surface area contributed by atoms with E-state index >= 15 is 0 Å². The van der Waals surface area contributed by atoms with Crippen LogP contribution in [0.15, 0.2) is 18.2 Å². The van der Waals surface area contributed by atoms with Gasteiger partial charge in [-0.25, -0.2) is 4.79 Å². The fraction of sp³-hybridized carbons (Fsp3) is 0.500. The molecule has 120 valence electrons. The van der Waals surface area contributed by atoms with Crippen molar-refractivity contribution >= 4 is 23.3 Å². The Balaban J connectivity index is 2.29. The van der Waals surface area contributed by atoms with Crippen molar-refractivity contribution in [3.05, 3.63) is 23.8 Å². The van der Waals surface area contributed by atoms with Gasteiger partial charge in [0, 0.05) is 25.7 Å². The summed E-state index contributed by atoms with van der Waals surface area (Å²) in [6, 6.07) is 5.31. The van der Waals surface area contributed by atoms with E-state index in [9.17, 15) is 9.59 Å². The predicted molar refractivity (Wildman–Crippen MR) is 84.4 cm³/mol. The van der Waals surface area contributed by atoms with E-state index in [4.69, 9.17) is 9.47 Å². The number of nitrogens with zero attached hydrogens (tertiary/aromatic N) is 1. The predicted octanol–water partition coefficient (Wildman–Crippen LogP) is 2.05. The number of esters is 1. The third-order valence-electron chi connectivity index (χ3n) is 3.33. The second kappa shape index (κ2) is 7.79. The Morgan fingerprint density at radius 3 is 2.68 bits per heavy atom. The van der Waals surface area contributed by atoms with Gasteiger partial charge >= 0.3 is 5.97 Å². The van der Waals surface area contributed by atoms with Crippen LogP contribution in [0.3, 0.4) is 0 Å². The van der Waals surface area contributed by atoms with E-state index in [1.807, 2.05) is 13.0 Å². The molecule has 0 radical (unpaired) electrons. The van der Waals surface area contributed by atoms with E-state index in [1.54, 1.807) is 12.1 Å². The third kappa shape index (κ3) is 4.21. The molecule has 1 heterocycles. The first-order valence-corrected chi connectivity index (χ1v) is 7.53. The van der Waals surface area contributed by atoms with Gasteiger partial charge in [-0.15, -0.1) is 0 Å². The summed E-state index contributed by atoms with van der Waals surface area (Å²) in [5.74, 6) is -0.539. The van der Waals surface area contributed by atoms with E-state index in [0.29, 0.717) is 31.1 Å². The standard InChI is InChI=1S/C16H22N2O4/c1-3-8-22-16(20)14-11-13(17-12(2)19)4-5-15(14)18-6-9-21-10-7-18/h4-5,11H,3,6-10H2,1-2H3,(H,17,19). The van der Waals surface area contributed by atoms with Crippen molar-refractivity contribution in [2.24, 2.45) is 0 Å². The van der Waals surface area contributed by atoms with E-state index < -0.39 is 0 Å². The zero-order valence-electron chi connectivity index (χ0n) is 13.1. The number of ether oxygens (including phenoxy) is 2. The van der Waals surface area contributed by atoms with Crippen LogP contribution in [0.4, 0.5) is 11.4 Å². The second-order valence-corrected chi connectivity index (χ2v) is 5.15. The van der Waals surface area contributed by atoms with Gasteiger partial charge in [0.15, 0.2) is 0 Å². The Kier molecular flexibility index (Phi) is 5.77. The number of rotatable bonds is 5. The number of hydrogen-bond donors (Lipinski definition) is 1. The summed E-state index contributed by atoms with van der Waals surface area (Å²) in [5, 5.41) is 2.70. The molecule has 0 aliphatic carbocycles. The van der Waals surface area contributed by atoms with E-state index in [0.717, 1.165) is 25.2 Å². The minimum absolute atomic E-state index is 0.174. The summed E-state index contributed by atoms with van der Waals surface area (Å²) in [7, 11) is 0. The van der Waals surface area contributed by atoms with E-state index in [-0.39, 0.29) is 11.9 Å². The van der Waals surface area contributed by atoms with Crippen LogP contribution in [0.25, 0.3) is 0 Å². The number of nitrogens with one attached hydrogen (secondary N) is 1. The molecule has 6 heteroatoms. The van der Waals surface area contributed by atoms with Crippen LogP contribution in [-0.2, 0) is 14.3 Å². The number of hydrogen-bond acceptors (Lipinski definition) is 5. The Labute approximate surface area is 130 Å². The second-order valence-electron chi connectivity index (χ2n) is 5.15. The Bertz CT molecular complexity index is 539. The average Bonchev–Trinajstić information content (AvgIpc) is 2.52. The molecule has 0 unspecified atom stereocenters. The lowest BCUT2D eigenvalue weighted by Crippen LogP contribution is -2.37. The molecule has 1 saturated heterocycles. The largest absolute Gasteiger partial charge is 0.462 e. The van der Waals surface area contributed by atoms with Crippen LogP contribution in [0, 0.1) is 0 Å². The first-order valence-electron chi connectivity index (χ1n) is 7.53. The van der Waals surface area contributed by atoms with Gasteiger partial charge in [0.25, 0.3) is 0 Å².